The summed E-state index contributed by atoms with van der Waals surface area (Å²) in [5.41, 5.74) is 6.20. The van der Waals surface area contributed by atoms with Gasteiger partial charge in [0.05, 0.1) is 0 Å². The molecule has 2 heterocycles. The molecule has 0 saturated heterocycles. The van der Waals surface area contributed by atoms with Crippen molar-refractivity contribution in [2.24, 2.45) is 0 Å². The van der Waals surface area contributed by atoms with Gasteiger partial charge in [0, 0.05) is 18.8 Å². The molecule has 3 rings (SSSR count). The van der Waals surface area contributed by atoms with Crippen LogP contribution in [-0.2, 0) is 12.8 Å². The maximum Gasteiger partial charge on any atom is 0.0431 e. The van der Waals surface area contributed by atoms with Gasteiger partial charge in [-0.2, -0.15) is 0 Å². The lowest BCUT2D eigenvalue weighted by Crippen LogP contribution is -2.34. The lowest BCUT2D eigenvalue weighted by Gasteiger charge is -2.37. The highest BCUT2D eigenvalue weighted by Crippen LogP contribution is 2.36. The summed E-state index contributed by atoms with van der Waals surface area (Å²) in [5, 5.41) is 0. The second-order valence-corrected chi connectivity index (χ2v) is 5.93. The van der Waals surface area contributed by atoms with E-state index in [1.54, 1.807) is 16.8 Å². The van der Waals surface area contributed by atoms with Crippen molar-refractivity contribution < 1.29 is 0 Å². The van der Waals surface area contributed by atoms with E-state index in [9.17, 15) is 0 Å². The molecule has 2 aliphatic rings. The number of hydrogen-bond acceptors (Lipinski definition) is 1. The highest BCUT2D eigenvalue weighted by Gasteiger charge is 2.23. The number of rotatable bonds is 4. The van der Waals surface area contributed by atoms with Gasteiger partial charge in [0.2, 0.25) is 0 Å². The number of nitrogens with zero attached hydrogens (tertiary/aromatic N) is 1. The third-order valence-corrected chi connectivity index (χ3v) is 4.39. The van der Waals surface area contributed by atoms with Gasteiger partial charge in [-0.15, -0.1) is 0 Å². The third-order valence-electron chi connectivity index (χ3n) is 4.39. The van der Waals surface area contributed by atoms with Crippen LogP contribution in [0.15, 0.2) is 18.2 Å². The first-order valence-electron chi connectivity index (χ1n) is 7.96. The van der Waals surface area contributed by atoms with Crippen LogP contribution in [0.25, 0.3) is 6.08 Å². The van der Waals surface area contributed by atoms with E-state index in [1.807, 2.05) is 0 Å². The van der Waals surface area contributed by atoms with E-state index in [2.05, 4.69) is 36.1 Å². The molecule has 2 aliphatic heterocycles. The molecule has 0 radical (unpaired) electrons. The predicted octanol–water partition coefficient (Wildman–Crippen LogP) is 4.59. The van der Waals surface area contributed by atoms with Crippen molar-refractivity contribution in [3.8, 4) is 0 Å². The quantitative estimate of drug-likeness (QED) is 0.711. The molecule has 1 aromatic rings. The Hall–Kier alpha value is -1.24. The summed E-state index contributed by atoms with van der Waals surface area (Å²) in [6.45, 7) is 4.79. The Morgan fingerprint density at radius 3 is 2.42 bits per heavy atom. The van der Waals surface area contributed by atoms with Gasteiger partial charge in [0.15, 0.2) is 0 Å². The monoisotopic (exact) mass is 255 g/mol. The lowest BCUT2D eigenvalue weighted by molar-refractivity contribution is 0.634. The van der Waals surface area contributed by atoms with Gasteiger partial charge in [-0.1, -0.05) is 31.9 Å². The smallest absolute Gasteiger partial charge is 0.0431 e. The predicted molar refractivity (Wildman–Crippen MR) is 83.9 cm³/mol. The van der Waals surface area contributed by atoms with Crippen LogP contribution in [0.4, 0.5) is 5.69 Å². The molecule has 1 aromatic carbocycles. The fourth-order valence-corrected chi connectivity index (χ4v) is 3.47. The van der Waals surface area contributed by atoms with Crippen molar-refractivity contribution in [2.45, 2.75) is 51.9 Å². The molecule has 0 aliphatic carbocycles. The molecule has 0 amide bonds. The Bertz CT molecular complexity index is 442. The summed E-state index contributed by atoms with van der Waals surface area (Å²) in [6, 6.07) is 4.86. The van der Waals surface area contributed by atoms with Crippen LogP contribution < -0.4 is 4.90 Å². The molecule has 0 aromatic heterocycles. The van der Waals surface area contributed by atoms with Crippen molar-refractivity contribution in [3.05, 3.63) is 34.9 Å². The number of unbranched alkanes of at least 4 members (excludes halogenated alkanes) is 2. The number of hydrogen-bond donors (Lipinski definition) is 0. The van der Waals surface area contributed by atoms with Crippen LogP contribution in [0.3, 0.4) is 0 Å². The molecule has 0 unspecified atom stereocenters. The Kier molecular flexibility index (Phi) is 3.91. The van der Waals surface area contributed by atoms with Gasteiger partial charge in [0.1, 0.15) is 0 Å². The van der Waals surface area contributed by atoms with Gasteiger partial charge in [-0.25, -0.2) is 0 Å². The zero-order valence-electron chi connectivity index (χ0n) is 12.1. The molecule has 0 N–H and O–H groups in total. The van der Waals surface area contributed by atoms with E-state index in [4.69, 9.17) is 0 Å². The van der Waals surface area contributed by atoms with E-state index < -0.39 is 0 Å². The first-order valence-corrected chi connectivity index (χ1v) is 7.96. The average Bonchev–Trinajstić information content (AvgIpc) is 2.44. The van der Waals surface area contributed by atoms with Crippen LogP contribution in [0.5, 0.6) is 0 Å². The van der Waals surface area contributed by atoms with E-state index in [-0.39, 0.29) is 0 Å². The average molecular weight is 255 g/mol. The molecule has 0 spiro atoms. The van der Waals surface area contributed by atoms with E-state index in [0.717, 1.165) is 0 Å². The highest BCUT2D eigenvalue weighted by atomic mass is 15.1. The molecule has 102 valence electrons. The molecular formula is C18H25N. The summed E-state index contributed by atoms with van der Waals surface area (Å²) in [7, 11) is 0. The zero-order chi connectivity index (χ0) is 13.1. The minimum absolute atomic E-state index is 1.22. The van der Waals surface area contributed by atoms with Crippen molar-refractivity contribution in [2.75, 3.05) is 18.0 Å². The van der Waals surface area contributed by atoms with Crippen LogP contribution >= 0.6 is 0 Å². The molecular weight excluding hydrogens is 230 g/mol. The largest absolute Gasteiger partial charge is 0.371 e. The first kappa shape index (κ1) is 12.8. The lowest BCUT2D eigenvalue weighted by atomic mass is 9.90. The van der Waals surface area contributed by atoms with E-state index in [0.29, 0.717) is 0 Å². The Balaban J connectivity index is 1.86. The SMILES string of the molecule is CCCC/C=C/c1cc2c3c(c1)CCCN3CCC2. The number of benzene rings is 1. The number of anilines is 1. The highest BCUT2D eigenvalue weighted by molar-refractivity contribution is 5.67. The molecule has 0 saturated carbocycles. The second-order valence-electron chi connectivity index (χ2n) is 5.93. The molecule has 1 nitrogen and oxygen atoms in total. The summed E-state index contributed by atoms with van der Waals surface area (Å²) in [6.07, 6.45) is 13.7. The van der Waals surface area contributed by atoms with Crippen LogP contribution in [-0.4, -0.2) is 13.1 Å². The molecule has 0 atom stereocenters. The van der Waals surface area contributed by atoms with E-state index >= 15 is 0 Å². The van der Waals surface area contributed by atoms with Gasteiger partial charge in [0.25, 0.3) is 0 Å². The van der Waals surface area contributed by atoms with Crippen LogP contribution in [0.1, 0.15) is 55.7 Å². The normalized spacial score (nSPS) is 17.8. The van der Waals surface area contributed by atoms with Crippen molar-refractivity contribution in [1.29, 1.82) is 0 Å². The molecule has 19 heavy (non-hydrogen) atoms. The fraction of sp³-hybridized carbons (Fsp3) is 0.556. The zero-order valence-corrected chi connectivity index (χ0v) is 12.1. The third kappa shape index (κ3) is 2.70. The maximum atomic E-state index is 2.61. The van der Waals surface area contributed by atoms with Crippen LogP contribution in [0.2, 0.25) is 0 Å². The van der Waals surface area contributed by atoms with Gasteiger partial charge in [-0.05, 0) is 60.9 Å². The molecule has 1 heteroatoms. The van der Waals surface area contributed by atoms with Crippen LogP contribution in [0, 0.1) is 0 Å². The summed E-state index contributed by atoms with van der Waals surface area (Å²) >= 11 is 0. The van der Waals surface area contributed by atoms with Crippen molar-refractivity contribution in [3.63, 3.8) is 0 Å². The van der Waals surface area contributed by atoms with Gasteiger partial charge >= 0.3 is 0 Å². The van der Waals surface area contributed by atoms with E-state index in [1.165, 1.54) is 63.6 Å². The summed E-state index contributed by atoms with van der Waals surface area (Å²) in [4.78, 5) is 2.61. The Morgan fingerprint density at radius 2 is 1.79 bits per heavy atom. The Morgan fingerprint density at radius 1 is 1.11 bits per heavy atom. The Labute approximate surface area is 117 Å². The minimum Gasteiger partial charge on any atom is -0.371 e. The minimum atomic E-state index is 1.22. The fourth-order valence-electron chi connectivity index (χ4n) is 3.47. The van der Waals surface area contributed by atoms with Crippen molar-refractivity contribution in [1.82, 2.24) is 0 Å². The molecule has 0 fully saturated rings. The number of aryl methyl sites for hydroxylation is 2. The van der Waals surface area contributed by atoms with Gasteiger partial charge in [-0.3, -0.25) is 0 Å². The molecule has 0 bridgehead atoms. The number of allylic oxidation sites excluding steroid dienone is 1. The van der Waals surface area contributed by atoms with Gasteiger partial charge < -0.3 is 4.90 Å². The summed E-state index contributed by atoms with van der Waals surface area (Å²) in [5.74, 6) is 0. The van der Waals surface area contributed by atoms with Crippen molar-refractivity contribution >= 4 is 11.8 Å². The maximum absolute atomic E-state index is 2.61. The first-order chi connectivity index (χ1) is 9.38. The summed E-state index contributed by atoms with van der Waals surface area (Å²) < 4.78 is 0. The topological polar surface area (TPSA) is 3.24 Å². The standard InChI is InChI=1S/C18H25N/c1-2-3-4-5-8-15-13-16-9-6-11-19-12-7-10-17(14-15)18(16)19/h5,8,13-14H,2-4,6-7,9-12H2,1H3/b8-5+. The second kappa shape index (κ2) is 5.81.